The van der Waals surface area contributed by atoms with Crippen LogP contribution in [0.3, 0.4) is 0 Å². The van der Waals surface area contributed by atoms with Crippen molar-refractivity contribution in [3.05, 3.63) is 123 Å². The van der Waals surface area contributed by atoms with Crippen molar-refractivity contribution in [2.75, 3.05) is 18.5 Å². The van der Waals surface area contributed by atoms with E-state index in [1.165, 1.54) is 36.4 Å². The molecule has 0 aliphatic carbocycles. The van der Waals surface area contributed by atoms with E-state index in [-0.39, 0.29) is 65.4 Å². The van der Waals surface area contributed by atoms with Gasteiger partial charge in [-0.2, -0.15) is 0 Å². The van der Waals surface area contributed by atoms with Crippen molar-refractivity contribution < 1.29 is 47.8 Å². The van der Waals surface area contributed by atoms with Crippen LogP contribution in [0.2, 0.25) is 10.0 Å². The third-order valence-corrected chi connectivity index (χ3v) is 5.96. The summed E-state index contributed by atoms with van der Waals surface area (Å²) in [6, 6.07) is 24.2. The normalized spacial score (nSPS) is 10.2. The van der Waals surface area contributed by atoms with E-state index in [2.05, 4.69) is 5.32 Å². The Bertz CT molecular complexity index is 1480. The minimum absolute atomic E-state index is 0. The van der Waals surface area contributed by atoms with Crippen LogP contribution in [0.4, 0.5) is 5.69 Å². The van der Waals surface area contributed by atoms with Crippen LogP contribution in [0.15, 0.2) is 91.0 Å². The number of ketones is 1. The Morgan fingerprint density at radius 3 is 1.97 bits per heavy atom. The zero-order valence-electron chi connectivity index (χ0n) is 20.8. The molecule has 0 fully saturated rings. The second kappa shape index (κ2) is 13.9. The van der Waals surface area contributed by atoms with Gasteiger partial charge in [-0.3, -0.25) is 9.59 Å². The first kappa shape index (κ1) is 29.8. The summed E-state index contributed by atoms with van der Waals surface area (Å²) in [6.07, 6.45) is 0. The smallest absolute Gasteiger partial charge is 0.545 e. The van der Waals surface area contributed by atoms with Gasteiger partial charge in [-0.05, 0) is 60.7 Å². The van der Waals surface area contributed by atoms with Gasteiger partial charge in [0.05, 0.1) is 22.2 Å². The summed E-state index contributed by atoms with van der Waals surface area (Å²) in [5, 5.41) is 14.7. The molecule has 1 N–H and O–H groups in total. The van der Waals surface area contributed by atoms with Gasteiger partial charge in [-0.25, -0.2) is 0 Å². The fraction of sp³-hybridized carbons (Fsp3) is 0.0690. The minimum Gasteiger partial charge on any atom is -0.545 e. The summed E-state index contributed by atoms with van der Waals surface area (Å²) in [5.41, 5.74) is 1.04. The number of amides is 1. The van der Waals surface area contributed by atoms with Crippen LogP contribution in [0, 0.1) is 0 Å². The van der Waals surface area contributed by atoms with Crippen LogP contribution in [-0.4, -0.2) is 30.9 Å². The van der Waals surface area contributed by atoms with Crippen LogP contribution >= 0.6 is 23.2 Å². The van der Waals surface area contributed by atoms with Crippen LogP contribution < -0.4 is 38.8 Å². The Morgan fingerprint density at radius 1 is 0.718 bits per heavy atom. The van der Waals surface area contributed by atoms with E-state index in [1.54, 1.807) is 36.4 Å². The molecule has 0 bridgehead atoms. The second-order valence-electron chi connectivity index (χ2n) is 7.99. The van der Waals surface area contributed by atoms with Crippen molar-refractivity contribution >= 4 is 46.5 Å². The van der Waals surface area contributed by atoms with E-state index in [9.17, 15) is 19.5 Å². The maximum atomic E-state index is 12.6. The van der Waals surface area contributed by atoms with Crippen LogP contribution in [-0.2, 0) is 0 Å². The number of anilines is 1. The molecule has 4 aromatic carbocycles. The zero-order valence-corrected chi connectivity index (χ0v) is 22.3. The maximum absolute atomic E-state index is 12.6. The van der Waals surface area contributed by atoms with E-state index in [0.29, 0.717) is 21.9 Å². The molecule has 0 aliphatic rings. The predicted octanol–water partition coefficient (Wildman–Crippen LogP) is 2.30. The summed E-state index contributed by atoms with van der Waals surface area (Å²) in [5.74, 6) is -1.38. The number of carbonyl (C=O) groups is 3. The monoisotopic (exact) mass is 555 g/mol. The number of hydrogen-bond donors (Lipinski definition) is 1. The molecule has 0 unspecified atom stereocenters. The summed E-state index contributed by atoms with van der Waals surface area (Å²) in [7, 11) is 0. The first-order chi connectivity index (χ1) is 18.3. The number of ether oxygens (including phenoxy) is 2. The quantitative estimate of drug-likeness (QED) is 0.183. The van der Waals surface area contributed by atoms with Crippen LogP contribution in [0.1, 0.15) is 36.6 Å². The molecule has 0 saturated carbocycles. The van der Waals surface area contributed by atoms with Gasteiger partial charge in [0, 0.05) is 21.7 Å². The summed E-state index contributed by atoms with van der Waals surface area (Å²) in [4.78, 5) is 36.7. The molecule has 4 aromatic rings. The number of benzene rings is 4. The molecule has 0 radical (unpaired) electrons. The van der Waals surface area contributed by atoms with E-state index >= 15 is 0 Å². The molecule has 39 heavy (non-hydrogen) atoms. The van der Waals surface area contributed by atoms with Gasteiger partial charge >= 0.3 is 18.9 Å². The van der Waals surface area contributed by atoms with E-state index in [0.717, 1.165) is 0 Å². The average molecular weight is 556 g/mol. The number of nitrogens with one attached hydrogen (secondary N) is 1. The molecule has 192 valence electrons. The molecule has 10 heteroatoms. The Balaban J connectivity index is 0.00000420. The Hall–Kier alpha value is -3.73. The Kier molecular flexibility index (Phi) is 10.6. The third-order valence-electron chi connectivity index (χ3n) is 5.41. The van der Waals surface area contributed by atoms with E-state index < -0.39 is 11.9 Å². The first-order valence-electron chi connectivity index (χ1n) is 11.4. The first-order valence-corrected chi connectivity index (χ1v) is 12.1. The van der Waals surface area contributed by atoms with E-state index in [4.69, 9.17) is 32.7 Å². The van der Waals surface area contributed by atoms with Crippen molar-refractivity contribution in [1.82, 2.24) is 0 Å². The maximum Gasteiger partial charge on any atom is 1.00 e. The van der Waals surface area contributed by atoms with Crippen molar-refractivity contribution in [3.8, 4) is 11.5 Å². The molecular weight excluding hydrogens is 536 g/mol. The molecule has 1 amide bonds. The molecule has 0 heterocycles. The molecule has 0 spiro atoms. The third kappa shape index (κ3) is 7.88. The van der Waals surface area contributed by atoms with Crippen LogP contribution in [0.25, 0.3) is 0 Å². The van der Waals surface area contributed by atoms with Gasteiger partial charge in [0.1, 0.15) is 24.7 Å². The van der Waals surface area contributed by atoms with E-state index in [1.807, 2.05) is 18.2 Å². The van der Waals surface area contributed by atoms with Gasteiger partial charge in [-0.15, -0.1) is 0 Å². The van der Waals surface area contributed by atoms with Crippen molar-refractivity contribution in [1.29, 1.82) is 0 Å². The molecular formula is C29H20Cl2LiNO6. The molecule has 0 saturated heterocycles. The Morgan fingerprint density at radius 2 is 1.33 bits per heavy atom. The summed E-state index contributed by atoms with van der Waals surface area (Å²) >= 11 is 11.9. The van der Waals surface area contributed by atoms with Gasteiger partial charge in [-0.1, -0.05) is 53.5 Å². The number of carboxylic acid groups (broad SMARTS) is 1. The number of carbonyl (C=O) groups excluding carboxylic acids is 3. The van der Waals surface area contributed by atoms with Crippen LogP contribution in [0.5, 0.6) is 11.5 Å². The largest absolute Gasteiger partial charge is 1.00 e. The van der Waals surface area contributed by atoms with Crippen molar-refractivity contribution in [3.63, 3.8) is 0 Å². The number of aromatic carboxylic acids is 1. The molecule has 4 rings (SSSR count). The summed E-state index contributed by atoms with van der Waals surface area (Å²) < 4.78 is 11.2. The molecule has 7 nitrogen and oxygen atoms in total. The molecule has 0 aromatic heterocycles. The van der Waals surface area contributed by atoms with Gasteiger partial charge in [0.2, 0.25) is 0 Å². The predicted molar refractivity (Wildman–Crippen MR) is 142 cm³/mol. The number of rotatable bonds is 10. The van der Waals surface area contributed by atoms with Gasteiger partial charge in [0.25, 0.3) is 5.91 Å². The standard InChI is InChI=1S/C29H21Cl2NO6.Li/c30-20-8-12-23(25(31)16-20)28(34)32-26-13-11-22(17-24(26)29(35)36)38-15-14-37-21-9-6-19(7-10-21)27(33)18-4-2-1-3-5-18;/h1-13,16-17H,14-15H2,(H,32,34)(H,35,36);/q;+1/p-1. The summed E-state index contributed by atoms with van der Waals surface area (Å²) in [6.45, 7) is 0.281. The fourth-order valence-corrected chi connectivity index (χ4v) is 4.03. The van der Waals surface area contributed by atoms with Gasteiger partial charge in [0.15, 0.2) is 5.78 Å². The zero-order chi connectivity index (χ0) is 27.1. The van der Waals surface area contributed by atoms with Crippen molar-refractivity contribution in [2.24, 2.45) is 0 Å². The average Bonchev–Trinajstić information content (AvgIpc) is 2.92. The number of hydrogen-bond acceptors (Lipinski definition) is 6. The number of halogens is 2. The number of carboxylic acids is 1. The molecule has 0 aliphatic heterocycles. The second-order valence-corrected chi connectivity index (χ2v) is 8.83. The van der Waals surface area contributed by atoms with Crippen molar-refractivity contribution in [2.45, 2.75) is 0 Å². The Labute approximate surface area is 246 Å². The SMILES string of the molecule is O=C(c1ccccc1)c1ccc(OCCOc2ccc(NC(=O)c3ccc(Cl)cc3Cl)c(C(=O)[O-])c2)cc1.[Li+]. The fourth-order valence-electron chi connectivity index (χ4n) is 3.53. The van der Waals surface area contributed by atoms with Gasteiger partial charge < -0.3 is 24.7 Å². The molecule has 0 atom stereocenters. The minimum atomic E-state index is -1.49. The topological polar surface area (TPSA) is 105 Å².